The largest absolute Gasteiger partial charge is 0.483 e. The van der Waals surface area contributed by atoms with Crippen molar-refractivity contribution in [3.05, 3.63) is 102 Å². The van der Waals surface area contributed by atoms with Crippen LogP contribution < -0.4 is 10.1 Å². The molecule has 3 aromatic carbocycles. The van der Waals surface area contributed by atoms with Crippen molar-refractivity contribution in [2.75, 3.05) is 0 Å². The maximum Gasteiger partial charge on any atom is 0.264 e. The van der Waals surface area contributed by atoms with E-state index in [1.54, 1.807) is 36.4 Å². The Bertz CT molecular complexity index is 1160. The van der Waals surface area contributed by atoms with Gasteiger partial charge >= 0.3 is 0 Å². The first kappa shape index (κ1) is 20.3. The third-order valence-corrected chi connectivity index (χ3v) is 4.70. The molecule has 156 valence electrons. The van der Waals surface area contributed by atoms with Gasteiger partial charge in [-0.05, 0) is 36.8 Å². The number of carbonyl (C=O) groups is 1. The number of halogens is 1. The highest BCUT2D eigenvalue weighted by atomic mass is 19.1. The average molecular weight is 417 g/mol. The summed E-state index contributed by atoms with van der Waals surface area (Å²) in [7, 11) is 0. The van der Waals surface area contributed by atoms with E-state index in [0.29, 0.717) is 23.0 Å². The van der Waals surface area contributed by atoms with E-state index in [-0.39, 0.29) is 24.4 Å². The molecule has 0 spiro atoms. The number of ether oxygens (including phenoxy) is 1. The van der Waals surface area contributed by atoms with Crippen molar-refractivity contribution in [3.8, 4) is 17.1 Å². The van der Waals surface area contributed by atoms with Crippen molar-refractivity contribution in [2.45, 2.75) is 19.6 Å². The fourth-order valence-electron chi connectivity index (χ4n) is 3.05. The number of benzene rings is 3. The van der Waals surface area contributed by atoms with E-state index in [4.69, 9.17) is 9.26 Å². The summed E-state index contributed by atoms with van der Waals surface area (Å²) in [6, 6.07) is 22.1. The molecule has 7 heteroatoms. The Kier molecular flexibility index (Phi) is 6.03. The summed E-state index contributed by atoms with van der Waals surface area (Å²) >= 11 is 0. The van der Waals surface area contributed by atoms with E-state index in [1.165, 1.54) is 12.1 Å². The van der Waals surface area contributed by atoms with Gasteiger partial charge in [-0.25, -0.2) is 4.39 Å². The Balaban J connectivity index is 1.43. The van der Waals surface area contributed by atoms with Crippen molar-refractivity contribution < 1.29 is 18.4 Å². The van der Waals surface area contributed by atoms with Gasteiger partial charge in [0.25, 0.3) is 11.8 Å². The normalized spacial score (nSPS) is 11.7. The maximum absolute atomic E-state index is 13.1. The summed E-state index contributed by atoms with van der Waals surface area (Å²) in [4.78, 5) is 17.1. The third-order valence-electron chi connectivity index (χ3n) is 4.70. The van der Waals surface area contributed by atoms with Crippen LogP contribution in [0.15, 0.2) is 83.4 Å². The number of amides is 1. The number of carbonyl (C=O) groups excluding carboxylic acids is 1. The fourth-order valence-corrected chi connectivity index (χ4v) is 3.05. The minimum absolute atomic E-state index is 0.0254. The van der Waals surface area contributed by atoms with Crippen molar-refractivity contribution in [3.63, 3.8) is 0 Å². The predicted molar refractivity (Wildman–Crippen MR) is 113 cm³/mol. The van der Waals surface area contributed by atoms with Crippen molar-refractivity contribution >= 4 is 5.91 Å². The van der Waals surface area contributed by atoms with Crippen molar-refractivity contribution in [1.82, 2.24) is 15.5 Å². The molecule has 4 rings (SSSR count). The van der Waals surface area contributed by atoms with Crippen molar-refractivity contribution in [2.24, 2.45) is 0 Å². The number of nitrogens with zero attached hydrogens (tertiary/aromatic N) is 2. The molecule has 1 atom stereocenters. The first-order valence-electron chi connectivity index (χ1n) is 9.76. The zero-order chi connectivity index (χ0) is 21.6. The smallest absolute Gasteiger partial charge is 0.264 e. The Labute approximate surface area is 178 Å². The van der Waals surface area contributed by atoms with Crippen LogP contribution in [0.3, 0.4) is 0 Å². The summed E-state index contributed by atoms with van der Waals surface area (Å²) in [5, 5.41) is 6.87. The van der Waals surface area contributed by atoms with Crippen LogP contribution in [0.2, 0.25) is 0 Å². The monoisotopic (exact) mass is 417 g/mol. The number of hydrogen-bond acceptors (Lipinski definition) is 5. The Hall–Kier alpha value is -4.00. The van der Waals surface area contributed by atoms with E-state index in [0.717, 1.165) is 11.1 Å². The molecule has 0 aliphatic carbocycles. The first-order valence-corrected chi connectivity index (χ1v) is 9.76. The van der Waals surface area contributed by atoms with Crippen LogP contribution >= 0.6 is 0 Å². The molecule has 31 heavy (non-hydrogen) atoms. The molecule has 0 saturated heterocycles. The second-order valence-electron chi connectivity index (χ2n) is 6.91. The molecule has 1 amide bonds. The van der Waals surface area contributed by atoms with Crippen LogP contribution in [-0.2, 0) is 6.61 Å². The molecule has 0 unspecified atom stereocenters. The van der Waals surface area contributed by atoms with Gasteiger partial charge in [-0.3, -0.25) is 4.79 Å². The van der Waals surface area contributed by atoms with Crippen LogP contribution in [0, 0.1) is 5.82 Å². The molecule has 0 radical (unpaired) electrons. The second kappa shape index (κ2) is 9.21. The van der Waals surface area contributed by atoms with E-state index < -0.39 is 0 Å². The number of hydrogen-bond donors (Lipinski definition) is 1. The predicted octanol–water partition coefficient (Wildman–Crippen LogP) is 4.95. The molecule has 0 aliphatic rings. The van der Waals surface area contributed by atoms with Gasteiger partial charge in [0.15, 0.2) is 6.61 Å². The average Bonchev–Trinajstić information content (AvgIpc) is 3.28. The SMILES string of the molecule is C[C@H](NC(=O)c1ccccc1OCc1nc(-c2ccccc2)no1)c1ccc(F)cc1. The molecular weight excluding hydrogens is 397 g/mol. The first-order chi connectivity index (χ1) is 15.1. The lowest BCUT2D eigenvalue weighted by Crippen LogP contribution is -2.27. The standard InChI is InChI=1S/C24H20FN3O3/c1-16(17-11-13-19(25)14-12-17)26-24(29)20-9-5-6-10-21(20)30-15-22-27-23(28-31-22)18-7-3-2-4-8-18/h2-14,16H,15H2,1H3,(H,26,29)/t16-/m0/s1. The molecular formula is C24H20FN3O3. The van der Waals surface area contributed by atoms with Gasteiger partial charge in [0.05, 0.1) is 11.6 Å². The third kappa shape index (κ3) is 4.95. The van der Waals surface area contributed by atoms with Gasteiger partial charge in [0.1, 0.15) is 11.6 Å². The second-order valence-corrected chi connectivity index (χ2v) is 6.91. The lowest BCUT2D eigenvalue weighted by molar-refractivity contribution is 0.0934. The quantitative estimate of drug-likeness (QED) is 0.461. The topological polar surface area (TPSA) is 77.2 Å². The van der Waals surface area contributed by atoms with Crippen LogP contribution in [0.4, 0.5) is 4.39 Å². The van der Waals surface area contributed by atoms with E-state index in [1.807, 2.05) is 37.3 Å². The van der Waals surface area contributed by atoms with E-state index in [2.05, 4.69) is 15.5 Å². The molecule has 1 heterocycles. The summed E-state index contributed by atoms with van der Waals surface area (Å²) in [6.45, 7) is 1.86. The van der Waals surface area contributed by atoms with Crippen LogP contribution in [-0.4, -0.2) is 16.0 Å². The molecule has 4 aromatic rings. The van der Waals surface area contributed by atoms with Gasteiger partial charge in [-0.2, -0.15) is 4.98 Å². The zero-order valence-corrected chi connectivity index (χ0v) is 16.8. The van der Waals surface area contributed by atoms with E-state index in [9.17, 15) is 9.18 Å². The summed E-state index contributed by atoms with van der Waals surface area (Å²) in [5.74, 6) is 0.540. The number of aromatic nitrogens is 2. The van der Waals surface area contributed by atoms with Crippen LogP contribution in [0.25, 0.3) is 11.4 Å². The minimum Gasteiger partial charge on any atom is -0.483 e. The molecule has 1 aromatic heterocycles. The van der Waals surface area contributed by atoms with Crippen LogP contribution in [0.5, 0.6) is 5.75 Å². The molecule has 0 aliphatic heterocycles. The highest BCUT2D eigenvalue weighted by Crippen LogP contribution is 2.22. The molecule has 0 fully saturated rings. The molecule has 0 saturated carbocycles. The highest BCUT2D eigenvalue weighted by molar-refractivity contribution is 5.97. The Morgan fingerprint density at radius 2 is 1.74 bits per heavy atom. The Morgan fingerprint density at radius 1 is 1.03 bits per heavy atom. The lowest BCUT2D eigenvalue weighted by Gasteiger charge is -2.16. The fraction of sp³-hybridized carbons (Fsp3) is 0.125. The molecule has 1 N–H and O–H groups in total. The van der Waals surface area contributed by atoms with Crippen molar-refractivity contribution in [1.29, 1.82) is 0 Å². The minimum atomic E-state index is -0.322. The lowest BCUT2D eigenvalue weighted by atomic mass is 10.1. The summed E-state index contributed by atoms with van der Waals surface area (Å²) < 4.78 is 24.2. The van der Waals surface area contributed by atoms with Gasteiger partial charge in [0, 0.05) is 5.56 Å². The summed E-state index contributed by atoms with van der Waals surface area (Å²) in [5.41, 5.74) is 2.01. The zero-order valence-electron chi connectivity index (χ0n) is 16.8. The summed E-state index contributed by atoms with van der Waals surface area (Å²) in [6.07, 6.45) is 0. The Morgan fingerprint density at radius 3 is 2.52 bits per heavy atom. The number of rotatable bonds is 7. The van der Waals surface area contributed by atoms with Crippen LogP contribution in [0.1, 0.15) is 34.8 Å². The highest BCUT2D eigenvalue weighted by Gasteiger charge is 2.17. The number of nitrogens with one attached hydrogen (secondary N) is 1. The number of para-hydroxylation sites is 1. The van der Waals surface area contributed by atoms with Gasteiger partial charge < -0.3 is 14.6 Å². The van der Waals surface area contributed by atoms with E-state index >= 15 is 0 Å². The van der Waals surface area contributed by atoms with Gasteiger partial charge in [-0.15, -0.1) is 0 Å². The van der Waals surface area contributed by atoms with Gasteiger partial charge in [0.2, 0.25) is 5.82 Å². The maximum atomic E-state index is 13.1. The molecule has 6 nitrogen and oxygen atoms in total. The van der Waals surface area contributed by atoms with Gasteiger partial charge in [-0.1, -0.05) is 59.8 Å². The molecule has 0 bridgehead atoms.